The van der Waals surface area contributed by atoms with E-state index in [4.69, 9.17) is 4.74 Å². The Kier molecular flexibility index (Phi) is 4.96. The van der Waals surface area contributed by atoms with Crippen LogP contribution in [0, 0.1) is 11.7 Å². The van der Waals surface area contributed by atoms with Gasteiger partial charge in [-0.05, 0) is 37.1 Å². The lowest BCUT2D eigenvalue weighted by atomic mass is 10.1. The number of methoxy groups -OCH3 is 1. The number of ether oxygens (including phenoxy) is 1. The van der Waals surface area contributed by atoms with Gasteiger partial charge in [0, 0.05) is 32.4 Å². The minimum Gasteiger partial charge on any atom is -0.384 e. The molecule has 0 aromatic heterocycles. The van der Waals surface area contributed by atoms with Crippen molar-refractivity contribution >= 4 is 5.69 Å². The van der Waals surface area contributed by atoms with Crippen LogP contribution in [0.25, 0.3) is 0 Å². The Morgan fingerprint density at radius 1 is 1.50 bits per heavy atom. The number of rotatable bonds is 6. The summed E-state index contributed by atoms with van der Waals surface area (Å²) in [5.41, 5.74) is 0.850. The van der Waals surface area contributed by atoms with E-state index in [1.54, 1.807) is 13.2 Å². The molecule has 1 aromatic carbocycles. The molecule has 0 aliphatic carbocycles. The molecule has 1 aromatic rings. The van der Waals surface area contributed by atoms with Crippen LogP contribution in [0.5, 0.6) is 0 Å². The third kappa shape index (κ3) is 3.96. The maximum Gasteiger partial charge on any atom is 0.125 e. The SMILES string of the molecule is COCC1CCN(CCNc2cccc(F)c2)C1. The van der Waals surface area contributed by atoms with Gasteiger partial charge >= 0.3 is 0 Å². The zero-order chi connectivity index (χ0) is 12.8. The van der Waals surface area contributed by atoms with Crippen molar-refractivity contribution in [1.29, 1.82) is 0 Å². The summed E-state index contributed by atoms with van der Waals surface area (Å²) in [7, 11) is 1.76. The predicted octanol–water partition coefficient (Wildman–Crippen LogP) is 2.21. The quantitative estimate of drug-likeness (QED) is 0.840. The summed E-state index contributed by atoms with van der Waals surface area (Å²) >= 11 is 0. The van der Waals surface area contributed by atoms with Crippen molar-refractivity contribution in [2.45, 2.75) is 6.42 Å². The number of likely N-dealkylation sites (tertiary alicyclic amines) is 1. The van der Waals surface area contributed by atoms with Crippen LogP contribution in [0.4, 0.5) is 10.1 Å². The van der Waals surface area contributed by atoms with Crippen molar-refractivity contribution < 1.29 is 9.13 Å². The number of nitrogens with one attached hydrogen (secondary N) is 1. The van der Waals surface area contributed by atoms with Crippen molar-refractivity contribution in [3.05, 3.63) is 30.1 Å². The second-order valence-corrected chi connectivity index (χ2v) is 4.85. The minimum absolute atomic E-state index is 0.193. The van der Waals surface area contributed by atoms with Gasteiger partial charge in [0.2, 0.25) is 0 Å². The average molecular weight is 252 g/mol. The number of halogens is 1. The molecule has 1 N–H and O–H groups in total. The maximum atomic E-state index is 13.0. The molecule has 100 valence electrons. The molecule has 1 fully saturated rings. The van der Waals surface area contributed by atoms with Gasteiger partial charge in [-0.1, -0.05) is 6.07 Å². The fourth-order valence-corrected chi connectivity index (χ4v) is 2.44. The molecule has 1 unspecified atom stereocenters. The van der Waals surface area contributed by atoms with E-state index in [1.807, 2.05) is 6.07 Å². The molecule has 1 saturated heterocycles. The molecular formula is C14H21FN2O. The smallest absolute Gasteiger partial charge is 0.125 e. The Hall–Kier alpha value is -1.13. The molecule has 4 heteroatoms. The molecule has 3 nitrogen and oxygen atoms in total. The Morgan fingerprint density at radius 3 is 3.17 bits per heavy atom. The second kappa shape index (κ2) is 6.71. The molecular weight excluding hydrogens is 231 g/mol. The summed E-state index contributed by atoms with van der Waals surface area (Å²) in [4.78, 5) is 2.43. The Bertz CT molecular complexity index is 373. The fourth-order valence-electron chi connectivity index (χ4n) is 2.44. The lowest BCUT2D eigenvalue weighted by molar-refractivity contribution is 0.153. The molecule has 0 amide bonds. The molecule has 18 heavy (non-hydrogen) atoms. The molecule has 1 aliphatic heterocycles. The summed E-state index contributed by atoms with van der Waals surface area (Å²) in [6.07, 6.45) is 1.22. The third-order valence-electron chi connectivity index (χ3n) is 3.35. The normalized spacial score (nSPS) is 20.2. The van der Waals surface area contributed by atoms with Gasteiger partial charge in [-0.25, -0.2) is 4.39 Å². The maximum absolute atomic E-state index is 13.0. The standard InChI is InChI=1S/C14H21FN2O/c1-18-11-12-5-7-17(10-12)8-6-16-14-4-2-3-13(15)9-14/h2-4,9,12,16H,5-8,10-11H2,1H3. The van der Waals surface area contributed by atoms with Crippen molar-refractivity contribution in [3.8, 4) is 0 Å². The van der Waals surface area contributed by atoms with Crippen LogP contribution in [0.3, 0.4) is 0 Å². The summed E-state index contributed by atoms with van der Waals surface area (Å²) < 4.78 is 18.1. The van der Waals surface area contributed by atoms with Crippen LogP contribution in [-0.4, -0.2) is 44.8 Å². The van der Waals surface area contributed by atoms with E-state index < -0.39 is 0 Å². The molecule has 0 spiro atoms. The van der Waals surface area contributed by atoms with E-state index in [1.165, 1.54) is 18.6 Å². The van der Waals surface area contributed by atoms with Gasteiger partial charge in [0.25, 0.3) is 0 Å². The van der Waals surface area contributed by atoms with Crippen LogP contribution < -0.4 is 5.32 Å². The minimum atomic E-state index is -0.193. The molecule has 1 aliphatic rings. The summed E-state index contributed by atoms with van der Waals surface area (Å²) in [5, 5.41) is 3.25. The van der Waals surface area contributed by atoms with E-state index in [-0.39, 0.29) is 5.82 Å². The third-order valence-corrected chi connectivity index (χ3v) is 3.35. The second-order valence-electron chi connectivity index (χ2n) is 4.85. The van der Waals surface area contributed by atoms with E-state index in [0.29, 0.717) is 5.92 Å². The largest absolute Gasteiger partial charge is 0.384 e. The first kappa shape index (κ1) is 13.3. The molecule has 1 atom stereocenters. The van der Waals surface area contributed by atoms with Crippen LogP contribution in [-0.2, 0) is 4.74 Å². The average Bonchev–Trinajstić information content (AvgIpc) is 2.78. The lowest BCUT2D eigenvalue weighted by Crippen LogP contribution is -2.27. The highest BCUT2D eigenvalue weighted by atomic mass is 19.1. The summed E-state index contributed by atoms with van der Waals surface area (Å²) in [5.74, 6) is 0.477. The van der Waals surface area contributed by atoms with Crippen molar-refractivity contribution in [2.24, 2.45) is 5.92 Å². The Balaban J connectivity index is 1.67. The van der Waals surface area contributed by atoms with Gasteiger partial charge in [-0.2, -0.15) is 0 Å². The molecule has 0 saturated carbocycles. The zero-order valence-corrected chi connectivity index (χ0v) is 10.9. The molecule has 0 bridgehead atoms. The topological polar surface area (TPSA) is 24.5 Å². The Labute approximate surface area is 108 Å². The monoisotopic (exact) mass is 252 g/mol. The first-order valence-corrected chi connectivity index (χ1v) is 6.48. The highest BCUT2D eigenvalue weighted by Gasteiger charge is 2.21. The Morgan fingerprint density at radius 2 is 2.39 bits per heavy atom. The van der Waals surface area contributed by atoms with E-state index in [9.17, 15) is 4.39 Å². The van der Waals surface area contributed by atoms with Crippen molar-refractivity contribution in [2.75, 3.05) is 45.2 Å². The van der Waals surface area contributed by atoms with Crippen molar-refractivity contribution in [1.82, 2.24) is 4.90 Å². The lowest BCUT2D eigenvalue weighted by Gasteiger charge is -2.16. The van der Waals surface area contributed by atoms with Gasteiger partial charge in [0.15, 0.2) is 0 Å². The van der Waals surface area contributed by atoms with Crippen LogP contribution in [0.15, 0.2) is 24.3 Å². The molecule has 0 radical (unpaired) electrons. The van der Waals surface area contributed by atoms with Crippen LogP contribution in [0.1, 0.15) is 6.42 Å². The van der Waals surface area contributed by atoms with Crippen LogP contribution in [0.2, 0.25) is 0 Å². The van der Waals surface area contributed by atoms with E-state index in [0.717, 1.165) is 38.5 Å². The zero-order valence-electron chi connectivity index (χ0n) is 10.9. The number of hydrogen-bond donors (Lipinski definition) is 1. The van der Waals surface area contributed by atoms with Gasteiger partial charge in [0.1, 0.15) is 5.82 Å². The van der Waals surface area contributed by atoms with E-state index in [2.05, 4.69) is 10.2 Å². The summed E-state index contributed by atoms with van der Waals surface area (Å²) in [6.45, 7) is 4.95. The number of hydrogen-bond acceptors (Lipinski definition) is 3. The number of anilines is 1. The van der Waals surface area contributed by atoms with Gasteiger partial charge in [-0.15, -0.1) is 0 Å². The van der Waals surface area contributed by atoms with Crippen molar-refractivity contribution in [3.63, 3.8) is 0 Å². The number of benzene rings is 1. The van der Waals surface area contributed by atoms with E-state index >= 15 is 0 Å². The van der Waals surface area contributed by atoms with Crippen LogP contribution >= 0.6 is 0 Å². The van der Waals surface area contributed by atoms with Gasteiger partial charge < -0.3 is 15.0 Å². The summed E-state index contributed by atoms with van der Waals surface area (Å²) in [6, 6.07) is 6.60. The highest BCUT2D eigenvalue weighted by Crippen LogP contribution is 2.16. The predicted molar refractivity (Wildman–Crippen MR) is 71.3 cm³/mol. The highest BCUT2D eigenvalue weighted by molar-refractivity contribution is 5.42. The van der Waals surface area contributed by atoms with Gasteiger partial charge in [-0.3, -0.25) is 0 Å². The van der Waals surface area contributed by atoms with Gasteiger partial charge in [0.05, 0.1) is 6.61 Å². The molecule has 1 heterocycles. The molecule has 2 rings (SSSR count). The first-order chi connectivity index (χ1) is 8.78. The first-order valence-electron chi connectivity index (χ1n) is 6.48. The fraction of sp³-hybridized carbons (Fsp3) is 0.571. The number of nitrogens with zero attached hydrogens (tertiary/aromatic N) is 1.